The molecule has 0 saturated carbocycles. The van der Waals surface area contributed by atoms with Gasteiger partial charge in [-0.15, -0.1) is 0 Å². The molecule has 3 nitrogen and oxygen atoms in total. The monoisotopic (exact) mass is 254 g/mol. The highest BCUT2D eigenvalue weighted by atomic mass is 19.1. The molecule has 4 heteroatoms. The molecular formula is C15H11FN2O. The van der Waals surface area contributed by atoms with Crippen LogP contribution in [0.1, 0.15) is 6.42 Å². The molecule has 2 aromatic carbocycles. The van der Waals surface area contributed by atoms with Gasteiger partial charge in [0.25, 0.3) is 0 Å². The number of anilines is 1. The predicted molar refractivity (Wildman–Crippen MR) is 70.7 cm³/mol. The molecule has 0 aromatic heterocycles. The second-order valence-corrected chi connectivity index (χ2v) is 3.97. The maximum absolute atomic E-state index is 12.9. The summed E-state index contributed by atoms with van der Waals surface area (Å²) in [6.45, 7) is 0. The summed E-state index contributed by atoms with van der Waals surface area (Å²) in [5.74, 6) is -0.638. The van der Waals surface area contributed by atoms with Crippen LogP contribution in [-0.2, 0) is 4.79 Å². The minimum atomic E-state index is -0.348. The predicted octanol–water partition coefficient (Wildman–Crippen LogP) is 3.34. The van der Waals surface area contributed by atoms with Crippen LogP contribution in [0.25, 0.3) is 11.1 Å². The van der Waals surface area contributed by atoms with Crippen molar-refractivity contribution in [2.75, 3.05) is 5.32 Å². The molecule has 0 saturated heterocycles. The number of benzene rings is 2. The molecule has 0 atom stereocenters. The number of halogens is 1. The van der Waals surface area contributed by atoms with Crippen molar-refractivity contribution in [1.29, 1.82) is 5.26 Å². The van der Waals surface area contributed by atoms with Crippen molar-refractivity contribution in [1.82, 2.24) is 0 Å². The van der Waals surface area contributed by atoms with Crippen LogP contribution in [0.5, 0.6) is 0 Å². The zero-order chi connectivity index (χ0) is 13.7. The average Bonchev–Trinajstić information content (AvgIpc) is 2.40. The second-order valence-electron chi connectivity index (χ2n) is 3.97. The van der Waals surface area contributed by atoms with Gasteiger partial charge in [-0.05, 0) is 35.4 Å². The Kier molecular flexibility index (Phi) is 3.89. The summed E-state index contributed by atoms with van der Waals surface area (Å²) >= 11 is 0. The quantitative estimate of drug-likeness (QED) is 0.913. The van der Waals surface area contributed by atoms with Crippen LogP contribution in [0.15, 0.2) is 48.5 Å². The molecule has 0 fully saturated rings. The van der Waals surface area contributed by atoms with Gasteiger partial charge in [0.05, 0.1) is 6.07 Å². The lowest BCUT2D eigenvalue weighted by Crippen LogP contribution is -2.09. The highest BCUT2D eigenvalue weighted by Gasteiger charge is 2.03. The van der Waals surface area contributed by atoms with E-state index in [1.54, 1.807) is 36.4 Å². The molecule has 1 N–H and O–H groups in total. The summed E-state index contributed by atoms with van der Waals surface area (Å²) < 4.78 is 12.9. The van der Waals surface area contributed by atoms with Gasteiger partial charge in [0, 0.05) is 5.69 Å². The van der Waals surface area contributed by atoms with Crippen molar-refractivity contribution >= 4 is 11.6 Å². The van der Waals surface area contributed by atoms with E-state index in [9.17, 15) is 9.18 Å². The van der Waals surface area contributed by atoms with Crippen LogP contribution in [0, 0.1) is 17.1 Å². The van der Waals surface area contributed by atoms with Crippen LogP contribution in [0.3, 0.4) is 0 Å². The Morgan fingerprint density at radius 3 is 2.58 bits per heavy atom. The second kappa shape index (κ2) is 5.78. The first-order chi connectivity index (χ1) is 9.19. The number of hydrogen-bond donors (Lipinski definition) is 1. The summed E-state index contributed by atoms with van der Waals surface area (Å²) in [5.41, 5.74) is 2.34. The Hall–Kier alpha value is -2.67. The fourth-order valence-electron chi connectivity index (χ4n) is 1.70. The fraction of sp³-hybridized carbons (Fsp3) is 0.0667. The third-order valence-corrected chi connectivity index (χ3v) is 2.56. The van der Waals surface area contributed by atoms with E-state index in [0.717, 1.165) is 11.1 Å². The van der Waals surface area contributed by atoms with E-state index in [4.69, 9.17) is 5.26 Å². The van der Waals surface area contributed by atoms with E-state index in [1.165, 1.54) is 12.1 Å². The molecule has 0 aliphatic carbocycles. The molecule has 0 aliphatic rings. The van der Waals surface area contributed by atoms with Crippen LogP contribution >= 0.6 is 0 Å². The van der Waals surface area contributed by atoms with Gasteiger partial charge in [-0.1, -0.05) is 24.3 Å². The standard InChI is InChI=1S/C15H11FN2O/c16-13-6-4-11(5-7-13)12-2-1-3-14(10-12)18-15(19)8-9-17/h1-7,10H,8H2,(H,18,19). The molecule has 19 heavy (non-hydrogen) atoms. The molecule has 2 aromatic rings. The molecule has 0 unspecified atom stereocenters. The molecule has 0 heterocycles. The lowest BCUT2D eigenvalue weighted by atomic mass is 10.1. The van der Waals surface area contributed by atoms with Crippen molar-refractivity contribution < 1.29 is 9.18 Å². The zero-order valence-electron chi connectivity index (χ0n) is 10.1. The highest BCUT2D eigenvalue weighted by Crippen LogP contribution is 2.22. The van der Waals surface area contributed by atoms with Crippen LogP contribution in [0.2, 0.25) is 0 Å². The number of nitriles is 1. The first-order valence-electron chi connectivity index (χ1n) is 5.72. The number of rotatable bonds is 3. The Morgan fingerprint density at radius 2 is 1.89 bits per heavy atom. The molecule has 0 aliphatic heterocycles. The Labute approximate surface area is 110 Å². The molecule has 2 rings (SSSR count). The number of hydrogen-bond acceptors (Lipinski definition) is 2. The normalized spacial score (nSPS) is 9.68. The Morgan fingerprint density at radius 1 is 1.16 bits per heavy atom. The maximum atomic E-state index is 12.9. The Bertz CT molecular complexity index is 629. The third kappa shape index (κ3) is 3.39. The molecule has 94 valence electrons. The molecule has 1 amide bonds. The van der Waals surface area contributed by atoms with Crippen molar-refractivity contribution in [3.63, 3.8) is 0 Å². The van der Waals surface area contributed by atoms with E-state index >= 15 is 0 Å². The van der Waals surface area contributed by atoms with E-state index in [1.807, 2.05) is 6.07 Å². The minimum absolute atomic E-state index is 0.180. The summed E-state index contributed by atoms with van der Waals surface area (Å²) in [4.78, 5) is 11.3. The number of nitrogens with one attached hydrogen (secondary N) is 1. The molecule has 0 bridgehead atoms. The van der Waals surface area contributed by atoms with E-state index < -0.39 is 0 Å². The van der Waals surface area contributed by atoms with Crippen LogP contribution in [0.4, 0.5) is 10.1 Å². The SMILES string of the molecule is N#CCC(=O)Nc1cccc(-c2ccc(F)cc2)c1. The van der Waals surface area contributed by atoms with Crippen molar-refractivity contribution in [3.05, 3.63) is 54.3 Å². The first-order valence-corrected chi connectivity index (χ1v) is 5.72. The Balaban J connectivity index is 2.22. The summed E-state index contributed by atoms with van der Waals surface area (Å²) in [6, 6.07) is 15.1. The van der Waals surface area contributed by atoms with Gasteiger partial charge in [0.15, 0.2) is 0 Å². The van der Waals surface area contributed by atoms with Crippen molar-refractivity contribution in [2.45, 2.75) is 6.42 Å². The average molecular weight is 254 g/mol. The number of carbonyl (C=O) groups excluding carboxylic acids is 1. The number of carbonyl (C=O) groups is 1. The van der Waals surface area contributed by atoms with Crippen LogP contribution in [-0.4, -0.2) is 5.91 Å². The third-order valence-electron chi connectivity index (χ3n) is 2.56. The maximum Gasteiger partial charge on any atom is 0.238 e. The van der Waals surface area contributed by atoms with E-state index in [0.29, 0.717) is 5.69 Å². The largest absolute Gasteiger partial charge is 0.325 e. The molecule has 0 spiro atoms. The highest BCUT2D eigenvalue weighted by molar-refractivity contribution is 5.92. The van der Waals surface area contributed by atoms with Gasteiger partial charge < -0.3 is 5.32 Å². The summed E-state index contributed by atoms with van der Waals surface area (Å²) in [5, 5.41) is 11.1. The van der Waals surface area contributed by atoms with Gasteiger partial charge in [-0.25, -0.2) is 4.39 Å². The van der Waals surface area contributed by atoms with Crippen molar-refractivity contribution in [3.8, 4) is 17.2 Å². The van der Waals surface area contributed by atoms with E-state index in [-0.39, 0.29) is 18.1 Å². The van der Waals surface area contributed by atoms with Gasteiger partial charge in [-0.2, -0.15) is 5.26 Å². The van der Waals surface area contributed by atoms with Gasteiger partial charge in [0.2, 0.25) is 5.91 Å². The lowest BCUT2D eigenvalue weighted by Gasteiger charge is -2.06. The number of amides is 1. The number of nitrogens with zero attached hydrogens (tertiary/aromatic N) is 1. The first kappa shape index (κ1) is 12.8. The minimum Gasteiger partial charge on any atom is -0.325 e. The molecular weight excluding hydrogens is 243 g/mol. The lowest BCUT2D eigenvalue weighted by molar-refractivity contribution is -0.115. The van der Waals surface area contributed by atoms with Gasteiger partial charge in [0.1, 0.15) is 12.2 Å². The van der Waals surface area contributed by atoms with Crippen LogP contribution < -0.4 is 5.32 Å². The summed E-state index contributed by atoms with van der Waals surface area (Å²) in [6.07, 6.45) is -0.180. The summed E-state index contributed by atoms with van der Waals surface area (Å²) in [7, 11) is 0. The topological polar surface area (TPSA) is 52.9 Å². The fourth-order valence-corrected chi connectivity index (χ4v) is 1.70. The smallest absolute Gasteiger partial charge is 0.238 e. The van der Waals surface area contributed by atoms with Gasteiger partial charge in [-0.3, -0.25) is 4.79 Å². The van der Waals surface area contributed by atoms with Gasteiger partial charge >= 0.3 is 0 Å². The zero-order valence-corrected chi connectivity index (χ0v) is 10.1. The van der Waals surface area contributed by atoms with Crippen molar-refractivity contribution in [2.24, 2.45) is 0 Å². The molecule has 0 radical (unpaired) electrons. The van der Waals surface area contributed by atoms with E-state index in [2.05, 4.69) is 5.32 Å².